The fourth-order valence-electron chi connectivity index (χ4n) is 2.37. The Balaban J connectivity index is 1.99. The molecule has 0 aromatic heterocycles. The summed E-state index contributed by atoms with van der Waals surface area (Å²) < 4.78 is 18.4. The number of Topliss-reactive ketones (excluding diaryl/α,β-unsaturated/α-hetero) is 1. The van der Waals surface area contributed by atoms with Gasteiger partial charge in [-0.05, 0) is 42.9 Å². The Labute approximate surface area is 101 Å². The van der Waals surface area contributed by atoms with Gasteiger partial charge in [-0.15, -0.1) is 0 Å². The van der Waals surface area contributed by atoms with E-state index in [1.807, 2.05) is 6.07 Å². The van der Waals surface area contributed by atoms with E-state index < -0.39 is 0 Å². The van der Waals surface area contributed by atoms with E-state index in [1.54, 1.807) is 6.07 Å². The van der Waals surface area contributed by atoms with Crippen LogP contribution in [0.5, 0.6) is 5.75 Å². The SMILES string of the molecule is COc1ccc(CC2CCC(=O)CC2)cc1F. The van der Waals surface area contributed by atoms with Crippen molar-refractivity contribution in [3.05, 3.63) is 29.6 Å². The molecule has 17 heavy (non-hydrogen) atoms. The number of ether oxygens (including phenoxy) is 1. The van der Waals surface area contributed by atoms with Crippen LogP contribution in [0.3, 0.4) is 0 Å². The highest BCUT2D eigenvalue weighted by Crippen LogP contribution is 2.26. The zero-order valence-corrected chi connectivity index (χ0v) is 10.0. The first-order valence-corrected chi connectivity index (χ1v) is 6.03. The largest absolute Gasteiger partial charge is 0.494 e. The molecule has 1 aromatic rings. The van der Waals surface area contributed by atoms with Gasteiger partial charge in [0.15, 0.2) is 11.6 Å². The number of rotatable bonds is 3. The minimum atomic E-state index is -0.308. The number of halogens is 1. The van der Waals surface area contributed by atoms with Gasteiger partial charge in [0, 0.05) is 12.8 Å². The number of carbonyl (C=O) groups excluding carboxylic acids is 1. The molecule has 0 radical (unpaired) electrons. The van der Waals surface area contributed by atoms with Crippen LogP contribution < -0.4 is 4.74 Å². The lowest BCUT2D eigenvalue weighted by atomic mass is 9.84. The molecule has 1 aliphatic rings. The van der Waals surface area contributed by atoms with Crippen LogP contribution in [-0.4, -0.2) is 12.9 Å². The molecule has 92 valence electrons. The van der Waals surface area contributed by atoms with Gasteiger partial charge in [0.05, 0.1) is 7.11 Å². The van der Waals surface area contributed by atoms with E-state index in [2.05, 4.69) is 0 Å². The van der Waals surface area contributed by atoms with E-state index in [0.717, 1.165) is 24.8 Å². The number of hydrogen-bond acceptors (Lipinski definition) is 2. The van der Waals surface area contributed by atoms with Crippen molar-refractivity contribution in [3.8, 4) is 5.75 Å². The smallest absolute Gasteiger partial charge is 0.165 e. The molecule has 0 saturated heterocycles. The fraction of sp³-hybridized carbons (Fsp3) is 0.500. The van der Waals surface area contributed by atoms with E-state index in [9.17, 15) is 9.18 Å². The van der Waals surface area contributed by atoms with Crippen molar-refractivity contribution in [3.63, 3.8) is 0 Å². The molecular formula is C14H17FO2. The minimum Gasteiger partial charge on any atom is -0.494 e. The van der Waals surface area contributed by atoms with Crippen LogP contribution in [0.25, 0.3) is 0 Å². The molecule has 3 heteroatoms. The lowest BCUT2D eigenvalue weighted by Crippen LogP contribution is -2.15. The lowest BCUT2D eigenvalue weighted by Gasteiger charge is -2.20. The molecular weight excluding hydrogens is 219 g/mol. The maximum atomic E-state index is 13.5. The maximum Gasteiger partial charge on any atom is 0.165 e. The summed E-state index contributed by atoms with van der Waals surface area (Å²) in [6.45, 7) is 0. The molecule has 0 aliphatic heterocycles. The highest BCUT2D eigenvalue weighted by Gasteiger charge is 2.19. The zero-order valence-electron chi connectivity index (χ0n) is 10.0. The van der Waals surface area contributed by atoms with Crippen LogP contribution in [0.4, 0.5) is 4.39 Å². The summed E-state index contributed by atoms with van der Waals surface area (Å²) >= 11 is 0. The molecule has 0 spiro atoms. The van der Waals surface area contributed by atoms with Crippen LogP contribution in [0.15, 0.2) is 18.2 Å². The second kappa shape index (κ2) is 5.30. The molecule has 0 unspecified atom stereocenters. The first-order chi connectivity index (χ1) is 8.19. The van der Waals surface area contributed by atoms with Gasteiger partial charge in [-0.1, -0.05) is 6.07 Å². The topological polar surface area (TPSA) is 26.3 Å². The van der Waals surface area contributed by atoms with Gasteiger partial charge in [-0.3, -0.25) is 4.79 Å². The monoisotopic (exact) mass is 236 g/mol. The summed E-state index contributed by atoms with van der Waals surface area (Å²) in [6.07, 6.45) is 4.10. The van der Waals surface area contributed by atoms with Crippen molar-refractivity contribution < 1.29 is 13.9 Å². The third-order valence-corrected chi connectivity index (χ3v) is 3.40. The number of carbonyl (C=O) groups is 1. The third-order valence-electron chi connectivity index (χ3n) is 3.40. The van der Waals surface area contributed by atoms with Gasteiger partial charge >= 0.3 is 0 Å². The zero-order chi connectivity index (χ0) is 12.3. The van der Waals surface area contributed by atoms with Gasteiger partial charge in [0.2, 0.25) is 0 Å². The van der Waals surface area contributed by atoms with Crippen LogP contribution in [-0.2, 0) is 11.2 Å². The Morgan fingerprint density at radius 2 is 2.06 bits per heavy atom. The summed E-state index contributed by atoms with van der Waals surface area (Å²) in [7, 11) is 1.46. The molecule has 1 aliphatic carbocycles. The molecule has 1 aromatic carbocycles. The van der Waals surface area contributed by atoms with Crippen LogP contribution in [0.2, 0.25) is 0 Å². The minimum absolute atomic E-state index is 0.285. The number of ketones is 1. The average Bonchev–Trinajstić information content (AvgIpc) is 2.32. The van der Waals surface area contributed by atoms with E-state index >= 15 is 0 Å². The molecule has 1 fully saturated rings. The van der Waals surface area contributed by atoms with Crippen molar-refractivity contribution in [1.29, 1.82) is 0 Å². The Kier molecular flexibility index (Phi) is 3.77. The normalized spacial score (nSPS) is 17.2. The lowest BCUT2D eigenvalue weighted by molar-refractivity contribution is -0.121. The van der Waals surface area contributed by atoms with Gasteiger partial charge in [0.25, 0.3) is 0 Å². The molecule has 1 saturated carbocycles. The van der Waals surface area contributed by atoms with Gasteiger partial charge in [-0.2, -0.15) is 0 Å². The second-order valence-corrected chi connectivity index (χ2v) is 4.66. The van der Waals surface area contributed by atoms with Gasteiger partial charge in [0.1, 0.15) is 5.78 Å². The van der Waals surface area contributed by atoms with Crippen LogP contribution >= 0.6 is 0 Å². The van der Waals surface area contributed by atoms with E-state index in [1.165, 1.54) is 13.2 Å². The standard InChI is InChI=1S/C14H17FO2/c1-17-14-7-4-11(9-13(14)15)8-10-2-5-12(16)6-3-10/h4,7,9-10H,2-3,5-6,8H2,1H3. The van der Waals surface area contributed by atoms with Gasteiger partial charge in [-0.25, -0.2) is 4.39 Å². The first kappa shape index (κ1) is 12.1. The molecule has 0 N–H and O–H groups in total. The predicted molar refractivity (Wildman–Crippen MR) is 63.6 cm³/mol. The first-order valence-electron chi connectivity index (χ1n) is 6.03. The van der Waals surface area contributed by atoms with E-state index in [-0.39, 0.29) is 11.6 Å². The van der Waals surface area contributed by atoms with Crippen molar-refractivity contribution in [2.24, 2.45) is 5.92 Å². The molecule has 0 atom stereocenters. The third kappa shape index (κ3) is 3.05. The molecule has 0 bridgehead atoms. The predicted octanol–water partition coefficient (Wildman–Crippen LogP) is 3.14. The summed E-state index contributed by atoms with van der Waals surface area (Å²) in [5.74, 6) is 0.854. The Morgan fingerprint density at radius 1 is 1.35 bits per heavy atom. The summed E-state index contributed by atoms with van der Waals surface area (Å²) in [5, 5.41) is 0. The average molecular weight is 236 g/mol. The summed E-state index contributed by atoms with van der Waals surface area (Å²) in [6, 6.07) is 5.10. The molecule has 0 amide bonds. The second-order valence-electron chi connectivity index (χ2n) is 4.66. The van der Waals surface area contributed by atoms with Gasteiger partial charge < -0.3 is 4.74 Å². The maximum absolute atomic E-state index is 13.5. The highest BCUT2D eigenvalue weighted by atomic mass is 19.1. The van der Waals surface area contributed by atoms with Crippen molar-refractivity contribution in [2.75, 3.05) is 7.11 Å². The Morgan fingerprint density at radius 3 is 2.65 bits per heavy atom. The molecule has 2 nitrogen and oxygen atoms in total. The molecule has 0 heterocycles. The fourth-order valence-corrected chi connectivity index (χ4v) is 2.37. The quantitative estimate of drug-likeness (QED) is 0.806. The molecule has 2 rings (SSSR count). The number of methoxy groups -OCH3 is 1. The van der Waals surface area contributed by atoms with Crippen molar-refractivity contribution in [2.45, 2.75) is 32.1 Å². The van der Waals surface area contributed by atoms with E-state index in [0.29, 0.717) is 24.5 Å². The number of benzene rings is 1. The summed E-state index contributed by atoms with van der Waals surface area (Å²) in [4.78, 5) is 11.1. The van der Waals surface area contributed by atoms with E-state index in [4.69, 9.17) is 4.74 Å². The Hall–Kier alpha value is -1.38. The highest BCUT2D eigenvalue weighted by molar-refractivity contribution is 5.79. The van der Waals surface area contributed by atoms with Crippen molar-refractivity contribution in [1.82, 2.24) is 0 Å². The Bertz CT molecular complexity index is 405. The van der Waals surface area contributed by atoms with Crippen LogP contribution in [0, 0.1) is 11.7 Å². The summed E-state index contributed by atoms with van der Waals surface area (Å²) in [5.41, 5.74) is 0.989. The van der Waals surface area contributed by atoms with Crippen molar-refractivity contribution >= 4 is 5.78 Å². The number of hydrogen-bond donors (Lipinski definition) is 0. The van der Waals surface area contributed by atoms with Crippen LogP contribution in [0.1, 0.15) is 31.2 Å².